The van der Waals surface area contributed by atoms with Gasteiger partial charge in [-0.25, -0.2) is 15.0 Å². The van der Waals surface area contributed by atoms with Crippen LogP contribution in [0.5, 0.6) is 0 Å². The smallest absolute Gasteiger partial charge is 0.227 e. The van der Waals surface area contributed by atoms with Crippen molar-refractivity contribution >= 4 is 17.6 Å². The first-order chi connectivity index (χ1) is 12.2. The number of aromatic nitrogens is 4. The summed E-state index contributed by atoms with van der Waals surface area (Å²) in [7, 11) is 0. The van der Waals surface area contributed by atoms with Crippen LogP contribution in [0.3, 0.4) is 0 Å². The van der Waals surface area contributed by atoms with Gasteiger partial charge in [0.2, 0.25) is 5.95 Å². The van der Waals surface area contributed by atoms with Crippen LogP contribution in [-0.2, 0) is 0 Å². The summed E-state index contributed by atoms with van der Waals surface area (Å²) in [6.45, 7) is 9.89. The minimum absolute atomic E-state index is 0.837. The van der Waals surface area contributed by atoms with Crippen LogP contribution in [0.25, 0.3) is 0 Å². The van der Waals surface area contributed by atoms with E-state index in [1.165, 1.54) is 12.8 Å². The van der Waals surface area contributed by atoms with E-state index in [0.717, 1.165) is 68.4 Å². The Bertz CT molecular complexity index is 714. The second kappa shape index (κ2) is 6.82. The normalized spacial score (nSPS) is 18.1. The molecule has 4 heterocycles. The van der Waals surface area contributed by atoms with Crippen molar-refractivity contribution in [3.63, 3.8) is 0 Å². The number of anilines is 3. The Balaban J connectivity index is 1.44. The van der Waals surface area contributed by atoms with Crippen LogP contribution in [0.2, 0.25) is 0 Å². The quantitative estimate of drug-likeness (QED) is 0.845. The van der Waals surface area contributed by atoms with Gasteiger partial charge >= 0.3 is 0 Å². The standard InChI is InChI=1S/C18H25N7/c1-14-13-17(21-15(2)20-14)24-11-9-23(10-12-24)16-5-6-19-18(22-16)25-7-3-4-8-25/h5-6,13H,3-4,7-12H2,1-2H3. The molecule has 0 aromatic carbocycles. The Morgan fingerprint density at radius 2 is 1.44 bits per heavy atom. The van der Waals surface area contributed by atoms with Crippen LogP contribution in [0.4, 0.5) is 17.6 Å². The molecule has 2 aromatic rings. The van der Waals surface area contributed by atoms with Crippen molar-refractivity contribution < 1.29 is 0 Å². The van der Waals surface area contributed by atoms with Crippen molar-refractivity contribution in [2.45, 2.75) is 26.7 Å². The largest absolute Gasteiger partial charge is 0.353 e. The maximum Gasteiger partial charge on any atom is 0.227 e. The zero-order valence-electron chi connectivity index (χ0n) is 15.0. The molecule has 2 fully saturated rings. The second-order valence-corrected chi connectivity index (χ2v) is 6.80. The van der Waals surface area contributed by atoms with Crippen LogP contribution in [0, 0.1) is 13.8 Å². The molecule has 0 radical (unpaired) electrons. The highest BCUT2D eigenvalue weighted by atomic mass is 15.3. The lowest BCUT2D eigenvalue weighted by molar-refractivity contribution is 0.638. The lowest BCUT2D eigenvalue weighted by Crippen LogP contribution is -2.47. The molecule has 7 heteroatoms. The number of hydrogen-bond acceptors (Lipinski definition) is 7. The molecule has 0 saturated carbocycles. The van der Waals surface area contributed by atoms with Crippen molar-refractivity contribution in [3.8, 4) is 0 Å². The van der Waals surface area contributed by atoms with Gasteiger partial charge in [0.25, 0.3) is 0 Å². The fraction of sp³-hybridized carbons (Fsp3) is 0.556. The molecule has 0 bridgehead atoms. The highest BCUT2D eigenvalue weighted by Crippen LogP contribution is 2.21. The van der Waals surface area contributed by atoms with E-state index >= 15 is 0 Å². The third-order valence-corrected chi connectivity index (χ3v) is 4.90. The highest BCUT2D eigenvalue weighted by Gasteiger charge is 2.21. The first kappa shape index (κ1) is 16.1. The number of piperazine rings is 1. The average Bonchev–Trinajstić information content (AvgIpc) is 3.16. The summed E-state index contributed by atoms with van der Waals surface area (Å²) in [6, 6.07) is 4.09. The Hall–Kier alpha value is -2.44. The Kier molecular flexibility index (Phi) is 4.38. The number of hydrogen-bond donors (Lipinski definition) is 0. The second-order valence-electron chi connectivity index (χ2n) is 6.80. The predicted octanol–water partition coefficient (Wildman–Crippen LogP) is 1.81. The van der Waals surface area contributed by atoms with Gasteiger partial charge in [0.1, 0.15) is 17.5 Å². The molecular formula is C18H25N7. The van der Waals surface area contributed by atoms with Gasteiger partial charge < -0.3 is 14.7 Å². The van der Waals surface area contributed by atoms with Gasteiger partial charge in [-0.15, -0.1) is 0 Å². The maximum atomic E-state index is 4.80. The van der Waals surface area contributed by atoms with E-state index in [4.69, 9.17) is 4.98 Å². The van der Waals surface area contributed by atoms with Gasteiger partial charge in [-0.2, -0.15) is 4.98 Å². The highest BCUT2D eigenvalue weighted by molar-refractivity contribution is 5.47. The lowest BCUT2D eigenvalue weighted by atomic mass is 10.3. The first-order valence-corrected chi connectivity index (χ1v) is 9.09. The van der Waals surface area contributed by atoms with Crippen LogP contribution in [-0.4, -0.2) is 59.2 Å². The summed E-state index contributed by atoms with van der Waals surface area (Å²) in [6.07, 6.45) is 4.37. The fourth-order valence-electron chi connectivity index (χ4n) is 3.61. The summed E-state index contributed by atoms with van der Waals surface area (Å²) in [5, 5.41) is 0. The lowest BCUT2D eigenvalue weighted by Gasteiger charge is -2.36. The van der Waals surface area contributed by atoms with Gasteiger partial charge in [-0.3, -0.25) is 0 Å². The van der Waals surface area contributed by atoms with E-state index in [1.54, 1.807) is 0 Å². The molecule has 0 N–H and O–H groups in total. The van der Waals surface area contributed by atoms with Crippen LogP contribution >= 0.6 is 0 Å². The molecule has 0 atom stereocenters. The van der Waals surface area contributed by atoms with Gasteiger partial charge in [0.05, 0.1) is 0 Å². The van der Waals surface area contributed by atoms with Crippen molar-refractivity contribution in [1.29, 1.82) is 0 Å². The summed E-state index contributed by atoms with van der Waals surface area (Å²) in [5.74, 6) is 3.78. The predicted molar refractivity (Wildman–Crippen MR) is 99.4 cm³/mol. The van der Waals surface area contributed by atoms with Crippen LogP contribution in [0.15, 0.2) is 18.3 Å². The molecule has 25 heavy (non-hydrogen) atoms. The van der Waals surface area contributed by atoms with Crippen molar-refractivity contribution in [3.05, 3.63) is 29.8 Å². The third-order valence-electron chi connectivity index (χ3n) is 4.90. The van der Waals surface area contributed by atoms with Gasteiger partial charge in [-0.1, -0.05) is 0 Å². The van der Waals surface area contributed by atoms with Crippen LogP contribution < -0.4 is 14.7 Å². The van der Waals surface area contributed by atoms with E-state index in [9.17, 15) is 0 Å². The van der Waals surface area contributed by atoms with E-state index in [2.05, 4.69) is 35.7 Å². The van der Waals surface area contributed by atoms with E-state index in [-0.39, 0.29) is 0 Å². The molecule has 2 saturated heterocycles. The summed E-state index contributed by atoms with van der Waals surface area (Å²) >= 11 is 0. The zero-order valence-corrected chi connectivity index (χ0v) is 15.0. The van der Waals surface area contributed by atoms with Crippen LogP contribution in [0.1, 0.15) is 24.4 Å². The van der Waals surface area contributed by atoms with Gasteiger partial charge in [0, 0.05) is 57.2 Å². The SMILES string of the molecule is Cc1cc(N2CCN(c3ccnc(N4CCCC4)n3)CC2)nc(C)n1. The molecule has 0 amide bonds. The van der Waals surface area contributed by atoms with E-state index in [0.29, 0.717) is 0 Å². The number of nitrogens with zero attached hydrogens (tertiary/aromatic N) is 7. The summed E-state index contributed by atoms with van der Waals surface area (Å²) < 4.78 is 0. The molecule has 0 aliphatic carbocycles. The Labute approximate surface area is 148 Å². The Morgan fingerprint density at radius 3 is 2.12 bits per heavy atom. The molecule has 4 rings (SSSR count). The molecule has 7 nitrogen and oxygen atoms in total. The van der Waals surface area contributed by atoms with E-state index < -0.39 is 0 Å². The maximum absolute atomic E-state index is 4.80. The molecule has 2 aliphatic heterocycles. The number of rotatable bonds is 3. The zero-order chi connectivity index (χ0) is 17.2. The van der Waals surface area contributed by atoms with Crippen molar-refractivity contribution in [1.82, 2.24) is 19.9 Å². The minimum Gasteiger partial charge on any atom is -0.353 e. The minimum atomic E-state index is 0.837. The molecule has 0 spiro atoms. The topological polar surface area (TPSA) is 61.3 Å². The molecular weight excluding hydrogens is 314 g/mol. The van der Waals surface area contributed by atoms with Crippen molar-refractivity contribution in [2.75, 3.05) is 54.0 Å². The Morgan fingerprint density at radius 1 is 0.760 bits per heavy atom. The molecule has 2 aromatic heterocycles. The van der Waals surface area contributed by atoms with E-state index in [1.807, 2.05) is 26.1 Å². The molecule has 0 unspecified atom stereocenters. The monoisotopic (exact) mass is 339 g/mol. The summed E-state index contributed by atoms with van der Waals surface area (Å²) in [4.78, 5) is 25.2. The third kappa shape index (κ3) is 3.50. The average molecular weight is 339 g/mol. The van der Waals surface area contributed by atoms with Gasteiger partial charge in [0.15, 0.2) is 0 Å². The first-order valence-electron chi connectivity index (χ1n) is 9.09. The fourth-order valence-corrected chi connectivity index (χ4v) is 3.61. The molecule has 132 valence electrons. The molecule has 2 aliphatic rings. The number of aryl methyl sites for hydroxylation is 2. The summed E-state index contributed by atoms with van der Waals surface area (Å²) in [5.41, 5.74) is 1.02. The van der Waals surface area contributed by atoms with Gasteiger partial charge in [-0.05, 0) is 32.8 Å². The van der Waals surface area contributed by atoms with Crippen molar-refractivity contribution in [2.24, 2.45) is 0 Å².